The second kappa shape index (κ2) is 3.96. The molecular weight excluding hydrogens is 302 g/mol. The summed E-state index contributed by atoms with van der Waals surface area (Å²) in [5.41, 5.74) is -5.53. The summed E-state index contributed by atoms with van der Waals surface area (Å²) < 4.78 is 55.6. The molecular formula is C2HF3INO3S. The number of halogens is 4. The number of hydrogen-bond acceptors (Lipinski definition) is 4. The molecule has 0 aromatic rings. The number of alkyl halides is 3. The zero-order valence-electron chi connectivity index (χ0n) is 4.62. The fourth-order valence-electron chi connectivity index (χ4n) is 0.0963. The monoisotopic (exact) mass is 303 g/mol. The van der Waals surface area contributed by atoms with Crippen LogP contribution in [-0.4, -0.2) is 13.9 Å². The van der Waals surface area contributed by atoms with Gasteiger partial charge in [-0.15, -0.1) is 29.2 Å². The van der Waals surface area contributed by atoms with Crippen LogP contribution in [0.15, 0.2) is 0 Å². The maximum absolute atomic E-state index is 11.2. The first kappa shape index (κ1) is 13.4. The molecule has 0 fully saturated rings. The van der Waals surface area contributed by atoms with Crippen LogP contribution in [0.1, 0.15) is 0 Å². The van der Waals surface area contributed by atoms with Crippen LogP contribution in [0.5, 0.6) is 0 Å². The van der Waals surface area contributed by atoms with Gasteiger partial charge in [-0.25, -0.2) is 0 Å². The standard InChI is InChI=1S/C2F3NO3S.HI/c3-2(4,5)10(7,8)9-1-6;/h;1H. The molecule has 0 saturated carbocycles. The Hall–Kier alpha value is -0.240. The normalized spacial score (nSPS) is 11.1. The van der Waals surface area contributed by atoms with Crippen LogP contribution in [0.4, 0.5) is 13.2 Å². The van der Waals surface area contributed by atoms with E-state index in [0.29, 0.717) is 6.26 Å². The molecule has 4 nitrogen and oxygen atoms in total. The number of rotatable bonds is 1. The Bertz CT molecular complexity index is 251. The van der Waals surface area contributed by atoms with Crippen molar-refractivity contribution in [3.8, 4) is 6.26 Å². The number of nitriles is 1. The summed E-state index contributed by atoms with van der Waals surface area (Å²) in [6.07, 6.45) is 0.407. The van der Waals surface area contributed by atoms with Gasteiger partial charge in [0, 0.05) is 0 Å². The summed E-state index contributed by atoms with van der Waals surface area (Å²) in [5, 5.41) is 7.41. The number of nitrogens with zero attached hydrogens (tertiary/aromatic N) is 1. The molecule has 0 radical (unpaired) electrons. The minimum atomic E-state index is -5.71. The van der Waals surface area contributed by atoms with E-state index >= 15 is 0 Å². The summed E-state index contributed by atoms with van der Waals surface area (Å²) in [7, 11) is -5.71. The lowest BCUT2D eigenvalue weighted by atomic mass is 11.6. The molecule has 0 bridgehead atoms. The third-order valence-corrected chi connectivity index (χ3v) is 1.29. The summed E-state index contributed by atoms with van der Waals surface area (Å²) in [6.45, 7) is 0. The molecule has 66 valence electrons. The molecule has 0 aliphatic carbocycles. The molecule has 0 spiro atoms. The molecule has 9 heteroatoms. The van der Waals surface area contributed by atoms with Crippen molar-refractivity contribution in [2.45, 2.75) is 5.51 Å². The average Bonchev–Trinajstić information content (AvgIpc) is 1.61. The largest absolute Gasteiger partial charge is 0.535 e. The second-order valence-corrected chi connectivity index (χ2v) is 2.61. The van der Waals surface area contributed by atoms with Crippen molar-refractivity contribution in [3.05, 3.63) is 0 Å². The molecule has 0 N–H and O–H groups in total. The van der Waals surface area contributed by atoms with Gasteiger partial charge in [0.2, 0.25) is 0 Å². The highest BCUT2D eigenvalue weighted by molar-refractivity contribution is 14.0. The zero-order chi connectivity index (χ0) is 8.41. The Labute approximate surface area is 77.1 Å². The highest BCUT2D eigenvalue weighted by Crippen LogP contribution is 2.23. The van der Waals surface area contributed by atoms with Crippen molar-refractivity contribution >= 4 is 34.1 Å². The highest BCUT2D eigenvalue weighted by Gasteiger charge is 2.48. The minimum absolute atomic E-state index is 0. The molecule has 0 unspecified atom stereocenters. The molecule has 0 saturated heterocycles. The van der Waals surface area contributed by atoms with Gasteiger partial charge in [-0.05, 0) is 0 Å². The third-order valence-electron chi connectivity index (χ3n) is 0.430. The predicted molar refractivity (Wildman–Crippen MR) is 37.1 cm³/mol. The van der Waals surface area contributed by atoms with Crippen LogP contribution in [-0.2, 0) is 14.3 Å². The fourth-order valence-corrected chi connectivity index (χ4v) is 0.289. The van der Waals surface area contributed by atoms with Gasteiger partial charge in [0.25, 0.3) is 0 Å². The van der Waals surface area contributed by atoms with Crippen molar-refractivity contribution in [1.82, 2.24) is 0 Å². The van der Waals surface area contributed by atoms with Gasteiger partial charge in [0.05, 0.1) is 0 Å². The smallest absolute Gasteiger partial charge is 0.296 e. The summed E-state index contributed by atoms with van der Waals surface area (Å²) in [6, 6.07) is 0. The zero-order valence-corrected chi connectivity index (χ0v) is 7.77. The summed E-state index contributed by atoms with van der Waals surface area (Å²) in [4.78, 5) is 0. The van der Waals surface area contributed by atoms with Crippen LogP contribution >= 0.6 is 24.0 Å². The van der Waals surface area contributed by atoms with E-state index in [1.807, 2.05) is 0 Å². The predicted octanol–water partition coefficient (Wildman–Crippen LogP) is 0.952. The van der Waals surface area contributed by atoms with Crippen LogP contribution in [0.3, 0.4) is 0 Å². The molecule has 0 atom stereocenters. The van der Waals surface area contributed by atoms with E-state index in [2.05, 4.69) is 4.18 Å². The van der Waals surface area contributed by atoms with E-state index in [9.17, 15) is 21.6 Å². The van der Waals surface area contributed by atoms with Crippen LogP contribution in [0, 0.1) is 11.5 Å². The lowest BCUT2D eigenvalue weighted by molar-refractivity contribution is -0.0510. The highest BCUT2D eigenvalue weighted by atomic mass is 127. The molecule has 11 heavy (non-hydrogen) atoms. The van der Waals surface area contributed by atoms with E-state index in [-0.39, 0.29) is 24.0 Å². The first-order valence-corrected chi connectivity index (χ1v) is 3.11. The van der Waals surface area contributed by atoms with Crippen molar-refractivity contribution in [2.75, 3.05) is 0 Å². The van der Waals surface area contributed by atoms with E-state index in [0.717, 1.165) is 0 Å². The van der Waals surface area contributed by atoms with Gasteiger partial charge >= 0.3 is 21.9 Å². The van der Waals surface area contributed by atoms with Crippen molar-refractivity contribution in [3.63, 3.8) is 0 Å². The molecule has 0 aliphatic heterocycles. The minimum Gasteiger partial charge on any atom is -0.296 e. The van der Waals surface area contributed by atoms with Crippen molar-refractivity contribution in [1.29, 1.82) is 5.26 Å². The Morgan fingerprint density at radius 2 is 1.73 bits per heavy atom. The Morgan fingerprint density at radius 1 is 1.36 bits per heavy atom. The average molecular weight is 303 g/mol. The van der Waals surface area contributed by atoms with Gasteiger partial charge in [-0.1, -0.05) is 0 Å². The lowest BCUT2D eigenvalue weighted by Crippen LogP contribution is -2.23. The van der Waals surface area contributed by atoms with E-state index in [1.165, 1.54) is 0 Å². The van der Waals surface area contributed by atoms with E-state index in [1.54, 1.807) is 0 Å². The Balaban J connectivity index is 0. The van der Waals surface area contributed by atoms with Crippen molar-refractivity contribution in [2.24, 2.45) is 0 Å². The summed E-state index contributed by atoms with van der Waals surface area (Å²) >= 11 is 0. The van der Waals surface area contributed by atoms with Gasteiger partial charge in [-0.3, -0.25) is 4.18 Å². The third kappa shape index (κ3) is 3.61. The van der Waals surface area contributed by atoms with E-state index < -0.39 is 15.6 Å². The Kier molecular flexibility index (Phi) is 4.80. The maximum Gasteiger partial charge on any atom is 0.535 e. The van der Waals surface area contributed by atoms with Gasteiger partial charge in [0.1, 0.15) is 0 Å². The van der Waals surface area contributed by atoms with Crippen LogP contribution in [0.25, 0.3) is 0 Å². The van der Waals surface area contributed by atoms with Crippen molar-refractivity contribution < 1.29 is 25.8 Å². The number of hydrogen-bond donors (Lipinski definition) is 0. The van der Waals surface area contributed by atoms with Gasteiger partial charge in [-0.2, -0.15) is 21.6 Å². The first-order valence-electron chi connectivity index (χ1n) is 1.70. The van der Waals surface area contributed by atoms with E-state index in [4.69, 9.17) is 5.26 Å². The first-order chi connectivity index (χ1) is 4.31. The molecule has 0 aromatic carbocycles. The summed E-state index contributed by atoms with van der Waals surface area (Å²) in [5.74, 6) is 0. The fraction of sp³-hybridized carbons (Fsp3) is 0.500. The SMILES string of the molecule is I.N#COS(=O)(=O)C(F)(F)F. The molecule has 0 rings (SSSR count). The van der Waals surface area contributed by atoms with Crippen LogP contribution < -0.4 is 0 Å². The van der Waals surface area contributed by atoms with Crippen LogP contribution in [0.2, 0.25) is 0 Å². The molecule has 0 heterocycles. The maximum atomic E-state index is 11.2. The Morgan fingerprint density at radius 3 is 1.82 bits per heavy atom. The quantitative estimate of drug-likeness (QED) is 0.313. The lowest BCUT2D eigenvalue weighted by Gasteiger charge is -2.01. The van der Waals surface area contributed by atoms with Gasteiger partial charge in [0.15, 0.2) is 0 Å². The topological polar surface area (TPSA) is 67.2 Å². The molecule has 0 aliphatic rings. The molecule has 0 aromatic heterocycles. The molecule has 0 amide bonds. The van der Waals surface area contributed by atoms with Gasteiger partial charge < -0.3 is 0 Å². The second-order valence-electron chi connectivity index (χ2n) is 1.07.